The van der Waals surface area contributed by atoms with E-state index >= 15 is 0 Å². The Morgan fingerprint density at radius 3 is 2.68 bits per heavy atom. The molecule has 6 heteroatoms. The van der Waals surface area contributed by atoms with Gasteiger partial charge >= 0.3 is 6.03 Å². The number of likely N-dealkylation sites (tertiary alicyclic amines) is 1. The molecule has 1 aromatic carbocycles. The number of hydrogen-bond acceptors (Lipinski definition) is 4. The third-order valence-corrected chi connectivity index (χ3v) is 4.06. The number of piperidine rings is 1. The maximum atomic E-state index is 12.1. The maximum Gasteiger partial charge on any atom is 0.319 e. The Labute approximate surface area is 130 Å². The molecule has 0 saturated carbocycles. The van der Waals surface area contributed by atoms with Crippen LogP contribution in [-0.4, -0.2) is 50.3 Å². The Hall–Kier alpha value is -1.95. The largest absolute Gasteiger partial charge is 0.490 e. The monoisotopic (exact) mass is 305 g/mol. The highest BCUT2D eigenvalue weighted by Gasteiger charge is 2.18. The van der Waals surface area contributed by atoms with Gasteiger partial charge in [0.2, 0.25) is 0 Å². The van der Waals surface area contributed by atoms with Gasteiger partial charge in [0.25, 0.3) is 0 Å². The van der Waals surface area contributed by atoms with Gasteiger partial charge in [0.1, 0.15) is 0 Å². The van der Waals surface area contributed by atoms with Crippen LogP contribution in [0.4, 0.5) is 10.5 Å². The van der Waals surface area contributed by atoms with Crippen molar-refractivity contribution >= 4 is 11.7 Å². The van der Waals surface area contributed by atoms with Crippen molar-refractivity contribution < 1.29 is 14.3 Å². The molecule has 0 bridgehead atoms. The van der Waals surface area contributed by atoms with E-state index in [1.54, 1.807) is 0 Å². The molecule has 1 fully saturated rings. The summed E-state index contributed by atoms with van der Waals surface area (Å²) in [6, 6.07) is 5.57. The molecule has 0 atom stereocenters. The van der Waals surface area contributed by atoms with Gasteiger partial charge in [-0.1, -0.05) is 0 Å². The Bertz CT molecular complexity index is 527. The second kappa shape index (κ2) is 6.87. The van der Waals surface area contributed by atoms with E-state index in [-0.39, 0.29) is 12.1 Å². The van der Waals surface area contributed by atoms with Gasteiger partial charge in [0.05, 0.1) is 13.2 Å². The third kappa shape index (κ3) is 3.82. The SMILES string of the molecule is CN1CCC(NC(=O)Nc2ccc3c(c2)OCCCO3)CC1. The summed E-state index contributed by atoms with van der Waals surface area (Å²) in [5, 5.41) is 5.90. The van der Waals surface area contributed by atoms with Crippen molar-refractivity contribution in [2.75, 3.05) is 38.7 Å². The minimum absolute atomic E-state index is 0.163. The van der Waals surface area contributed by atoms with Crippen molar-refractivity contribution in [3.05, 3.63) is 18.2 Å². The highest BCUT2D eigenvalue weighted by molar-refractivity contribution is 5.89. The first-order valence-corrected chi connectivity index (χ1v) is 7.86. The van der Waals surface area contributed by atoms with Gasteiger partial charge < -0.3 is 25.0 Å². The molecule has 120 valence electrons. The van der Waals surface area contributed by atoms with E-state index in [1.807, 2.05) is 18.2 Å². The van der Waals surface area contributed by atoms with Crippen LogP contribution in [0.15, 0.2) is 18.2 Å². The van der Waals surface area contributed by atoms with E-state index in [9.17, 15) is 4.79 Å². The highest BCUT2D eigenvalue weighted by atomic mass is 16.5. The number of carbonyl (C=O) groups excluding carboxylic acids is 1. The fraction of sp³-hybridized carbons (Fsp3) is 0.562. The van der Waals surface area contributed by atoms with Gasteiger partial charge in [0, 0.05) is 24.2 Å². The van der Waals surface area contributed by atoms with E-state index in [0.29, 0.717) is 19.0 Å². The molecule has 6 nitrogen and oxygen atoms in total. The molecule has 3 rings (SSSR count). The molecule has 0 spiro atoms. The van der Waals surface area contributed by atoms with Crippen LogP contribution in [0.3, 0.4) is 0 Å². The number of rotatable bonds is 2. The summed E-state index contributed by atoms with van der Waals surface area (Å²) in [7, 11) is 2.11. The normalized spacial score (nSPS) is 19.3. The molecule has 2 heterocycles. The average Bonchev–Trinajstić information content (AvgIpc) is 2.74. The number of nitrogens with one attached hydrogen (secondary N) is 2. The lowest BCUT2D eigenvalue weighted by Crippen LogP contribution is -2.44. The van der Waals surface area contributed by atoms with Crippen molar-refractivity contribution in [1.29, 1.82) is 0 Å². The number of nitrogens with zero attached hydrogens (tertiary/aromatic N) is 1. The van der Waals surface area contributed by atoms with E-state index in [4.69, 9.17) is 9.47 Å². The van der Waals surface area contributed by atoms with E-state index in [2.05, 4.69) is 22.6 Å². The highest BCUT2D eigenvalue weighted by Crippen LogP contribution is 2.32. The second-order valence-corrected chi connectivity index (χ2v) is 5.89. The zero-order valence-corrected chi connectivity index (χ0v) is 12.9. The number of ether oxygens (including phenoxy) is 2. The van der Waals surface area contributed by atoms with Crippen molar-refractivity contribution in [3.8, 4) is 11.5 Å². The van der Waals surface area contributed by atoms with Crippen LogP contribution in [0.2, 0.25) is 0 Å². The number of urea groups is 1. The van der Waals surface area contributed by atoms with Gasteiger partial charge in [0.15, 0.2) is 11.5 Å². The number of carbonyl (C=O) groups is 1. The van der Waals surface area contributed by atoms with E-state index in [0.717, 1.165) is 43.8 Å². The van der Waals surface area contributed by atoms with Crippen LogP contribution in [0.1, 0.15) is 19.3 Å². The molecule has 22 heavy (non-hydrogen) atoms. The minimum Gasteiger partial charge on any atom is -0.490 e. The van der Waals surface area contributed by atoms with E-state index < -0.39 is 0 Å². The van der Waals surface area contributed by atoms with Crippen molar-refractivity contribution in [3.63, 3.8) is 0 Å². The summed E-state index contributed by atoms with van der Waals surface area (Å²) >= 11 is 0. The Balaban J connectivity index is 1.56. The third-order valence-electron chi connectivity index (χ3n) is 4.06. The lowest BCUT2D eigenvalue weighted by atomic mass is 10.1. The van der Waals surface area contributed by atoms with Gasteiger partial charge in [-0.2, -0.15) is 0 Å². The Morgan fingerprint density at radius 2 is 1.91 bits per heavy atom. The molecule has 2 aliphatic heterocycles. The summed E-state index contributed by atoms with van der Waals surface area (Å²) in [5.74, 6) is 1.42. The van der Waals surface area contributed by atoms with Crippen LogP contribution in [0.25, 0.3) is 0 Å². The average molecular weight is 305 g/mol. The predicted octanol–water partition coefficient (Wildman–Crippen LogP) is 2.06. The van der Waals surface area contributed by atoms with Crippen LogP contribution < -0.4 is 20.1 Å². The molecule has 2 aliphatic rings. The summed E-state index contributed by atoms with van der Waals surface area (Å²) in [4.78, 5) is 14.4. The van der Waals surface area contributed by atoms with Gasteiger partial charge in [-0.3, -0.25) is 0 Å². The topological polar surface area (TPSA) is 62.8 Å². The van der Waals surface area contributed by atoms with Crippen LogP contribution in [0, 0.1) is 0 Å². The zero-order chi connectivity index (χ0) is 15.4. The molecule has 0 aromatic heterocycles. The standard InChI is InChI=1S/C16H23N3O3/c1-19-7-5-12(6-8-19)17-16(20)18-13-3-4-14-15(11-13)22-10-2-9-21-14/h3-4,11-12H,2,5-10H2,1H3,(H2,17,18,20). The summed E-state index contributed by atoms with van der Waals surface area (Å²) in [5.41, 5.74) is 0.717. The molecule has 2 amide bonds. The van der Waals surface area contributed by atoms with Crippen LogP contribution in [-0.2, 0) is 0 Å². The number of anilines is 1. The number of benzene rings is 1. The number of fused-ring (bicyclic) bond motifs is 1. The zero-order valence-electron chi connectivity index (χ0n) is 12.9. The van der Waals surface area contributed by atoms with Crippen molar-refractivity contribution in [2.45, 2.75) is 25.3 Å². The van der Waals surface area contributed by atoms with E-state index in [1.165, 1.54) is 0 Å². The maximum absolute atomic E-state index is 12.1. The second-order valence-electron chi connectivity index (χ2n) is 5.89. The van der Waals surface area contributed by atoms with Gasteiger partial charge in [-0.05, 0) is 45.1 Å². The summed E-state index contributed by atoms with van der Waals surface area (Å²) < 4.78 is 11.2. The quantitative estimate of drug-likeness (QED) is 0.878. The molecular formula is C16H23N3O3. The molecule has 1 aromatic rings. The lowest BCUT2D eigenvalue weighted by molar-refractivity contribution is 0.221. The van der Waals surface area contributed by atoms with Gasteiger partial charge in [-0.15, -0.1) is 0 Å². The molecule has 2 N–H and O–H groups in total. The van der Waals surface area contributed by atoms with Crippen LogP contribution in [0.5, 0.6) is 11.5 Å². The molecule has 0 radical (unpaired) electrons. The minimum atomic E-state index is -0.163. The number of hydrogen-bond donors (Lipinski definition) is 2. The Morgan fingerprint density at radius 1 is 1.18 bits per heavy atom. The predicted molar refractivity (Wildman–Crippen MR) is 84.7 cm³/mol. The summed E-state index contributed by atoms with van der Waals surface area (Å²) in [6.07, 6.45) is 2.85. The lowest BCUT2D eigenvalue weighted by Gasteiger charge is -2.29. The smallest absolute Gasteiger partial charge is 0.319 e. The molecule has 0 aliphatic carbocycles. The molecule has 1 saturated heterocycles. The first-order valence-electron chi connectivity index (χ1n) is 7.86. The van der Waals surface area contributed by atoms with Crippen molar-refractivity contribution in [2.24, 2.45) is 0 Å². The first-order chi connectivity index (χ1) is 10.7. The van der Waals surface area contributed by atoms with Crippen molar-refractivity contribution in [1.82, 2.24) is 10.2 Å². The fourth-order valence-electron chi connectivity index (χ4n) is 2.75. The fourth-order valence-corrected chi connectivity index (χ4v) is 2.75. The summed E-state index contributed by atoms with van der Waals surface area (Å²) in [6.45, 7) is 3.35. The van der Waals surface area contributed by atoms with Gasteiger partial charge in [-0.25, -0.2) is 4.79 Å². The molecule has 0 unspecified atom stereocenters. The number of amides is 2. The Kier molecular flexibility index (Phi) is 4.68. The molecular weight excluding hydrogens is 282 g/mol. The first kappa shape index (κ1) is 15.0. The van der Waals surface area contributed by atoms with Crippen LogP contribution >= 0.6 is 0 Å².